The molecule has 0 aliphatic carbocycles. The van der Waals surface area contributed by atoms with E-state index in [0.29, 0.717) is 17.2 Å². The molecule has 1 saturated heterocycles. The predicted octanol–water partition coefficient (Wildman–Crippen LogP) is 0.0763. The number of amides is 1. The standard InChI is InChI=1S/C9H9N3O3S/c13-8(6-1-2-10-11-3-6)12-5-16-4-7(12)9(14)15/h1-3,7H,4-5H2,(H,14,15). The van der Waals surface area contributed by atoms with Crippen molar-refractivity contribution in [2.24, 2.45) is 0 Å². The van der Waals surface area contributed by atoms with Gasteiger partial charge < -0.3 is 10.0 Å². The average molecular weight is 239 g/mol. The van der Waals surface area contributed by atoms with E-state index in [4.69, 9.17) is 5.11 Å². The van der Waals surface area contributed by atoms with Crippen LogP contribution in [0.1, 0.15) is 10.4 Å². The molecule has 1 aliphatic heterocycles. The molecule has 2 heterocycles. The van der Waals surface area contributed by atoms with Crippen molar-refractivity contribution < 1.29 is 14.7 Å². The zero-order chi connectivity index (χ0) is 11.5. The van der Waals surface area contributed by atoms with E-state index in [9.17, 15) is 9.59 Å². The maximum absolute atomic E-state index is 11.9. The predicted molar refractivity (Wildman–Crippen MR) is 57.0 cm³/mol. The number of thioether (sulfide) groups is 1. The number of aromatic nitrogens is 2. The summed E-state index contributed by atoms with van der Waals surface area (Å²) in [5, 5.41) is 16.1. The fraction of sp³-hybridized carbons (Fsp3) is 0.333. The lowest BCUT2D eigenvalue weighted by Gasteiger charge is -2.19. The van der Waals surface area contributed by atoms with E-state index >= 15 is 0 Å². The Bertz CT molecular complexity index is 412. The van der Waals surface area contributed by atoms with Gasteiger partial charge in [-0.1, -0.05) is 0 Å². The third-order valence-electron chi connectivity index (χ3n) is 2.26. The quantitative estimate of drug-likeness (QED) is 0.786. The second-order valence-corrected chi connectivity index (χ2v) is 4.26. The SMILES string of the molecule is O=C(O)C1CSCN1C(=O)c1ccnnc1. The smallest absolute Gasteiger partial charge is 0.327 e. The number of rotatable bonds is 2. The zero-order valence-electron chi connectivity index (χ0n) is 8.24. The molecule has 0 radical (unpaired) electrons. The van der Waals surface area contributed by atoms with Gasteiger partial charge in [-0.3, -0.25) is 4.79 Å². The van der Waals surface area contributed by atoms with Gasteiger partial charge in [-0.2, -0.15) is 10.2 Å². The monoisotopic (exact) mass is 239 g/mol. The van der Waals surface area contributed by atoms with Crippen LogP contribution in [0.2, 0.25) is 0 Å². The summed E-state index contributed by atoms with van der Waals surface area (Å²) in [6, 6.07) is 0.780. The Kier molecular flexibility index (Phi) is 3.04. The molecule has 0 spiro atoms. The minimum Gasteiger partial charge on any atom is -0.480 e. The highest BCUT2D eigenvalue weighted by atomic mass is 32.2. The topological polar surface area (TPSA) is 83.4 Å². The van der Waals surface area contributed by atoms with Gasteiger partial charge in [0, 0.05) is 5.75 Å². The molecule has 1 atom stereocenters. The van der Waals surface area contributed by atoms with Gasteiger partial charge in [-0.05, 0) is 6.07 Å². The number of hydrogen-bond donors (Lipinski definition) is 1. The van der Waals surface area contributed by atoms with Crippen molar-refractivity contribution in [2.75, 3.05) is 11.6 Å². The molecule has 1 amide bonds. The summed E-state index contributed by atoms with van der Waals surface area (Å²) in [5.41, 5.74) is 0.365. The van der Waals surface area contributed by atoms with Crippen LogP contribution >= 0.6 is 11.8 Å². The number of aliphatic carboxylic acids is 1. The molecule has 1 aliphatic rings. The van der Waals surface area contributed by atoms with E-state index < -0.39 is 12.0 Å². The molecule has 1 unspecified atom stereocenters. The number of carboxylic acid groups (broad SMARTS) is 1. The Labute approximate surface area is 95.7 Å². The van der Waals surface area contributed by atoms with Crippen LogP contribution in [0.5, 0.6) is 0 Å². The Morgan fingerprint density at radius 2 is 2.31 bits per heavy atom. The molecule has 6 nitrogen and oxygen atoms in total. The molecular formula is C9H9N3O3S. The van der Waals surface area contributed by atoms with Crippen LogP contribution < -0.4 is 0 Å². The first kappa shape index (κ1) is 10.9. The average Bonchev–Trinajstić information content (AvgIpc) is 2.78. The zero-order valence-corrected chi connectivity index (χ0v) is 9.05. The van der Waals surface area contributed by atoms with E-state index in [1.54, 1.807) is 0 Å². The number of hydrogen-bond acceptors (Lipinski definition) is 5. The molecule has 0 bridgehead atoms. The van der Waals surface area contributed by atoms with Gasteiger partial charge in [0.05, 0.1) is 23.8 Å². The van der Waals surface area contributed by atoms with E-state index in [1.807, 2.05) is 0 Å². The first-order valence-corrected chi connectivity index (χ1v) is 5.74. The van der Waals surface area contributed by atoms with Gasteiger partial charge in [0.2, 0.25) is 0 Å². The Balaban J connectivity index is 2.19. The number of carbonyl (C=O) groups is 2. The maximum Gasteiger partial charge on any atom is 0.327 e. The minimum absolute atomic E-state index is 0.313. The lowest BCUT2D eigenvalue weighted by Crippen LogP contribution is -2.41. The first-order chi connectivity index (χ1) is 7.70. The molecule has 1 aromatic heterocycles. The number of nitrogens with zero attached hydrogens (tertiary/aromatic N) is 3. The van der Waals surface area contributed by atoms with Gasteiger partial charge in [0.25, 0.3) is 5.91 Å². The van der Waals surface area contributed by atoms with Crippen LogP contribution in [0, 0.1) is 0 Å². The molecule has 7 heteroatoms. The van der Waals surface area contributed by atoms with Gasteiger partial charge in [-0.25, -0.2) is 4.79 Å². The minimum atomic E-state index is -0.972. The fourth-order valence-electron chi connectivity index (χ4n) is 1.43. The van der Waals surface area contributed by atoms with Crippen molar-refractivity contribution in [3.8, 4) is 0 Å². The van der Waals surface area contributed by atoms with Crippen LogP contribution in [0.3, 0.4) is 0 Å². The fourth-order valence-corrected chi connectivity index (χ4v) is 2.58. The van der Waals surface area contributed by atoms with E-state index in [-0.39, 0.29) is 5.91 Å². The molecule has 0 aromatic carbocycles. The summed E-state index contributed by atoms with van der Waals surface area (Å²) in [6.45, 7) is 0. The van der Waals surface area contributed by atoms with Crippen LogP contribution in [0.25, 0.3) is 0 Å². The van der Waals surface area contributed by atoms with Crippen molar-refractivity contribution in [3.05, 3.63) is 24.0 Å². The van der Waals surface area contributed by atoms with Crippen LogP contribution in [0.15, 0.2) is 18.5 Å². The summed E-state index contributed by atoms with van der Waals surface area (Å²) in [4.78, 5) is 24.2. The Morgan fingerprint density at radius 1 is 1.50 bits per heavy atom. The van der Waals surface area contributed by atoms with Crippen molar-refractivity contribution in [1.82, 2.24) is 15.1 Å². The largest absolute Gasteiger partial charge is 0.480 e. The third kappa shape index (κ3) is 1.99. The molecule has 1 aromatic rings. The second kappa shape index (κ2) is 4.48. The summed E-state index contributed by atoms with van der Waals surface area (Å²) >= 11 is 1.43. The van der Waals surface area contributed by atoms with Crippen LogP contribution in [0.4, 0.5) is 0 Å². The van der Waals surface area contributed by atoms with Gasteiger partial charge >= 0.3 is 5.97 Å². The van der Waals surface area contributed by atoms with Crippen LogP contribution in [-0.2, 0) is 4.79 Å². The summed E-state index contributed by atoms with van der Waals surface area (Å²) < 4.78 is 0. The van der Waals surface area contributed by atoms with Gasteiger partial charge in [-0.15, -0.1) is 11.8 Å². The molecule has 16 heavy (non-hydrogen) atoms. The third-order valence-corrected chi connectivity index (χ3v) is 3.27. The van der Waals surface area contributed by atoms with Crippen LogP contribution in [-0.4, -0.2) is 49.8 Å². The summed E-state index contributed by atoms with van der Waals surface area (Å²) in [6.07, 6.45) is 2.75. The summed E-state index contributed by atoms with van der Waals surface area (Å²) in [5.74, 6) is -0.454. The highest BCUT2D eigenvalue weighted by molar-refractivity contribution is 7.99. The van der Waals surface area contributed by atoms with Crippen molar-refractivity contribution >= 4 is 23.6 Å². The highest BCUT2D eigenvalue weighted by Gasteiger charge is 2.34. The Hall–Kier alpha value is -1.63. The normalized spacial score (nSPS) is 19.8. The lowest BCUT2D eigenvalue weighted by molar-refractivity contribution is -0.140. The molecule has 84 valence electrons. The Morgan fingerprint density at radius 3 is 2.94 bits per heavy atom. The van der Waals surface area contributed by atoms with Crippen molar-refractivity contribution in [3.63, 3.8) is 0 Å². The second-order valence-electron chi connectivity index (χ2n) is 3.26. The molecule has 1 fully saturated rings. The van der Waals surface area contributed by atoms with Crippen molar-refractivity contribution in [2.45, 2.75) is 6.04 Å². The van der Waals surface area contributed by atoms with Gasteiger partial charge in [0.1, 0.15) is 6.04 Å². The molecule has 1 N–H and O–H groups in total. The first-order valence-electron chi connectivity index (χ1n) is 4.58. The highest BCUT2D eigenvalue weighted by Crippen LogP contribution is 2.22. The number of carboxylic acids is 1. The molecule has 2 rings (SSSR count). The molecular weight excluding hydrogens is 230 g/mol. The molecule has 0 saturated carbocycles. The van der Waals surface area contributed by atoms with E-state index in [1.165, 1.54) is 35.1 Å². The number of carbonyl (C=O) groups excluding carboxylic acids is 1. The summed E-state index contributed by atoms with van der Waals surface area (Å²) in [7, 11) is 0. The lowest BCUT2D eigenvalue weighted by atomic mass is 10.2. The van der Waals surface area contributed by atoms with Crippen molar-refractivity contribution in [1.29, 1.82) is 0 Å². The maximum atomic E-state index is 11.9. The van der Waals surface area contributed by atoms with E-state index in [0.717, 1.165) is 0 Å². The van der Waals surface area contributed by atoms with Gasteiger partial charge in [0.15, 0.2) is 0 Å². The van der Waals surface area contributed by atoms with E-state index in [2.05, 4.69) is 10.2 Å².